The van der Waals surface area contributed by atoms with E-state index < -0.39 is 0 Å². The summed E-state index contributed by atoms with van der Waals surface area (Å²) in [6.07, 6.45) is 0.719. The number of hydrogen-bond donors (Lipinski definition) is 1. The van der Waals surface area contributed by atoms with Gasteiger partial charge in [0.15, 0.2) is 5.78 Å². The summed E-state index contributed by atoms with van der Waals surface area (Å²) in [7, 11) is 0. The lowest BCUT2D eigenvalue weighted by atomic mass is 9.98. The molecule has 0 aliphatic heterocycles. The van der Waals surface area contributed by atoms with E-state index in [9.17, 15) is 4.79 Å². The molecule has 2 aromatic rings. The van der Waals surface area contributed by atoms with Gasteiger partial charge in [-0.05, 0) is 12.1 Å². The second-order valence-corrected chi connectivity index (χ2v) is 4.46. The molecule has 0 unspecified atom stereocenters. The van der Waals surface area contributed by atoms with Crippen LogP contribution in [0.1, 0.15) is 27.9 Å². The molecule has 0 saturated carbocycles. The number of ketones is 1. The van der Waals surface area contributed by atoms with Crippen LogP contribution in [0.25, 0.3) is 0 Å². The van der Waals surface area contributed by atoms with Gasteiger partial charge < -0.3 is 0 Å². The Balaban J connectivity index is 2.36. The molecule has 0 aliphatic rings. The Bertz CT molecular complexity index is 620. The molecule has 0 spiro atoms. The number of rotatable bonds is 3. The van der Waals surface area contributed by atoms with Gasteiger partial charge in [0.2, 0.25) is 0 Å². The minimum Gasteiger partial charge on any atom is -0.289 e. The lowest BCUT2D eigenvalue weighted by Gasteiger charge is -2.03. The van der Waals surface area contributed by atoms with Crippen molar-refractivity contribution in [1.82, 2.24) is 0 Å². The molecule has 0 aliphatic carbocycles. The number of carbonyl (C=O) groups is 1. The highest BCUT2D eigenvalue weighted by Crippen LogP contribution is 2.13. The third-order valence-corrected chi connectivity index (χ3v) is 2.89. The number of hydrogen-bond acceptors (Lipinski definition) is 2. The van der Waals surface area contributed by atoms with Gasteiger partial charge in [0.1, 0.15) is 0 Å². The minimum atomic E-state index is 0.0105. The van der Waals surface area contributed by atoms with E-state index in [0.717, 1.165) is 17.7 Å². The maximum atomic E-state index is 12.4. The molecule has 0 amide bonds. The van der Waals surface area contributed by atoms with Crippen molar-refractivity contribution in [3.8, 4) is 11.8 Å². The molecular weight excluding hydrogens is 252 g/mol. The molecule has 2 aromatic carbocycles. The van der Waals surface area contributed by atoms with Crippen molar-refractivity contribution in [2.24, 2.45) is 0 Å². The van der Waals surface area contributed by atoms with E-state index >= 15 is 0 Å². The molecule has 19 heavy (non-hydrogen) atoms. The highest BCUT2D eigenvalue weighted by atomic mass is 32.1. The van der Waals surface area contributed by atoms with E-state index in [1.54, 1.807) is 0 Å². The van der Waals surface area contributed by atoms with Crippen molar-refractivity contribution in [3.63, 3.8) is 0 Å². The monoisotopic (exact) mass is 266 g/mol. The van der Waals surface area contributed by atoms with Crippen LogP contribution in [0.4, 0.5) is 0 Å². The Morgan fingerprint density at radius 1 is 1.00 bits per heavy atom. The summed E-state index contributed by atoms with van der Waals surface area (Å²) in [6, 6.07) is 16.7. The third kappa shape index (κ3) is 3.49. The molecule has 0 fully saturated rings. The zero-order valence-corrected chi connectivity index (χ0v) is 11.4. The van der Waals surface area contributed by atoms with Gasteiger partial charge in [-0.25, -0.2) is 0 Å². The van der Waals surface area contributed by atoms with Gasteiger partial charge in [-0.1, -0.05) is 54.3 Å². The standard InChI is InChI=1S/C17H14OS/c18-17(15-10-2-1-3-11-15)16-12-5-4-8-14(16)9-6-7-13-19/h1-5,8,10-12,19H,7,13H2. The summed E-state index contributed by atoms with van der Waals surface area (Å²) in [5.41, 5.74) is 2.12. The summed E-state index contributed by atoms with van der Waals surface area (Å²) in [5, 5.41) is 0. The zero-order valence-electron chi connectivity index (χ0n) is 10.5. The minimum absolute atomic E-state index is 0.0105. The van der Waals surface area contributed by atoms with E-state index in [4.69, 9.17) is 0 Å². The fourth-order valence-electron chi connectivity index (χ4n) is 1.75. The Kier molecular flexibility index (Phi) is 4.83. The topological polar surface area (TPSA) is 17.1 Å². The Morgan fingerprint density at radius 2 is 1.68 bits per heavy atom. The highest BCUT2D eigenvalue weighted by Gasteiger charge is 2.11. The van der Waals surface area contributed by atoms with Crippen molar-refractivity contribution in [1.29, 1.82) is 0 Å². The smallest absolute Gasteiger partial charge is 0.194 e. The van der Waals surface area contributed by atoms with Crippen LogP contribution in [-0.4, -0.2) is 11.5 Å². The average molecular weight is 266 g/mol. The summed E-state index contributed by atoms with van der Waals surface area (Å²) >= 11 is 4.12. The second kappa shape index (κ2) is 6.82. The van der Waals surface area contributed by atoms with Gasteiger partial charge in [-0.15, -0.1) is 0 Å². The summed E-state index contributed by atoms with van der Waals surface area (Å²) in [6.45, 7) is 0. The molecule has 2 heteroatoms. The molecule has 0 aromatic heterocycles. The van der Waals surface area contributed by atoms with Crippen LogP contribution in [0, 0.1) is 11.8 Å². The van der Waals surface area contributed by atoms with Crippen LogP contribution in [0.2, 0.25) is 0 Å². The number of benzene rings is 2. The molecule has 94 valence electrons. The molecule has 0 atom stereocenters. The van der Waals surface area contributed by atoms with Crippen LogP contribution in [0.3, 0.4) is 0 Å². The molecule has 1 nitrogen and oxygen atoms in total. The van der Waals surface area contributed by atoms with E-state index in [2.05, 4.69) is 24.5 Å². The first-order chi connectivity index (χ1) is 9.33. The van der Waals surface area contributed by atoms with E-state index in [1.807, 2.05) is 54.6 Å². The Labute approximate surface area is 119 Å². The summed E-state index contributed by atoms with van der Waals surface area (Å²) in [4.78, 5) is 12.4. The van der Waals surface area contributed by atoms with Crippen LogP contribution in [0.15, 0.2) is 54.6 Å². The van der Waals surface area contributed by atoms with Crippen molar-refractivity contribution in [2.45, 2.75) is 6.42 Å². The van der Waals surface area contributed by atoms with Crippen LogP contribution < -0.4 is 0 Å². The molecule has 2 rings (SSSR count). The maximum Gasteiger partial charge on any atom is 0.194 e. The summed E-state index contributed by atoms with van der Waals surface area (Å²) < 4.78 is 0. The van der Waals surface area contributed by atoms with Crippen molar-refractivity contribution >= 4 is 18.4 Å². The molecule has 0 radical (unpaired) electrons. The van der Waals surface area contributed by atoms with Crippen molar-refractivity contribution in [3.05, 3.63) is 71.3 Å². The van der Waals surface area contributed by atoms with Gasteiger partial charge in [-0.3, -0.25) is 4.79 Å². The van der Waals surface area contributed by atoms with E-state index in [1.165, 1.54) is 0 Å². The lowest BCUT2D eigenvalue weighted by Crippen LogP contribution is -2.03. The predicted molar refractivity (Wildman–Crippen MR) is 81.7 cm³/mol. The maximum absolute atomic E-state index is 12.4. The number of thiol groups is 1. The molecular formula is C17H14OS. The van der Waals surface area contributed by atoms with E-state index in [0.29, 0.717) is 11.1 Å². The first-order valence-corrected chi connectivity index (χ1v) is 6.74. The van der Waals surface area contributed by atoms with Crippen LogP contribution in [-0.2, 0) is 0 Å². The van der Waals surface area contributed by atoms with Crippen molar-refractivity contribution < 1.29 is 4.79 Å². The fourth-order valence-corrected chi connectivity index (χ4v) is 1.86. The fraction of sp³-hybridized carbons (Fsp3) is 0.118. The van der Waals surface area contributed by atoms with Gasteiger partial charge >= 0.3 is 0 Å². The van der Waals surface area contributed by atoms with Gasteiger partial charge in [0.05, 0.1) is 0 Å². The van der Waals surface area contributed by atoms with Gasteiger partial charge in [0.25, 0.3) is 0 Å². The molecule has 0 N–H and O–H groups in total. The predicted octanol–water partition coefficient (Wildman–Crippen LogP) is 3.59. The van der Waals surface area contributed by atoms with Crippen molar-refractivity contribution in [2.75, 3.05) is 5.75 Å². The molecule has 0 heterocycles. The first-order valence-electron chi connectivity index (χ1n) is 6.11. The van der Waals surface area contributed by atoms with E-state index in [-0.39, 0.29) is 5.78 Å². The summed E-state index contributed by atoms with van der Waals surface area (Å²) in [5.74, 6) is 6.80. The van der Waals surface area contributed by atoms with Crippen LogP contribution in [0.5, 0.6) is 0 Å². The van der Waals surface area contributed by atoms with Gasteiger partial charge in [0, 0.05) is 28.9 Å². The normalized spacial score (nSPS) is 9.53. The van der Waals surface area contributed by atoms with Crippen LogP contribution >= 0.6 is 12.6 Å². The largest absolute Gasteiger partial charge is 0.289 e. The Hall–Kier alpha value is -1.98. The second-order valence-electron chi connectivity index (χ2n) is 4.02. The third-order valence-electron chi connectivity index (χ3n) is 2.67. The lowest BCUT2D eigenvalue weighted by molar-refractivity contribution is 0.103. The quantitative estimate of drug-likeness (QED) is 0.510. The number of carbonyl (C=O) groups excluding carboxylic acids is 1. The van der Waals surface area contributed by atoms with Gasteiger partial charge in [-0.2, -0.15) is 12.6 Å². The zero-order chi connectivity index (χ0) is 13.5. The molecule has 0 bridgehead atoms. The Morgan fingerprint density at radius 3 is 2.42 bits per heavy atom. The highest BCUT2D eigenvalue weighted by molar-refractivity contribution is 7.80. The average Bonchev–Trinajstić information content (AvgIpc) is 2.48. The first kappa shape index (κ1) is 13.5. The SMILES string of the molecule is O=C(c1ccccc1)c1ccccc1C#CCCS. The molecule has 0 saturated heterocycles.